The first kappa shape index (κ1) is 14.1. The number of hydrogen-bond acceptors (Lipinski definition) is 0. The topological polar surface area (TPSA) is 0 Å². The molecule has 0 saturated carbocycles. The average molecular weight is 354 g/mol. The number of benzene rings is 2. The van der Waals surface area contributed by atoms with Crippen LogP contribution >= 0.6 is 27.5 Å². The number of hydrogen-bond donors (Lipinski definition) is 0. The van der Waals surface area contributed by atoms with Gasteiger partial charge in [-0.3, -0.25) is 0 Å². The lowest BCUT2D eigenvalue weighted by Crippen LogP contribution is -2.04. The Morgan fingerprint density at radius 3 is 2.35 bits per heavy atom. The Morgan fingerprint density at radius 2 is 1.60 bits per heavy atom. The smallest absolute Gasteiger partial charge is 0.141 e. The number of rotatable bonds is 2. The van der Waals surface area contributed by atoms with E-state index >= 15 is 0 Å². The fraction of sp³-hybridized carbons (Fsp3) is 0.294. The Morgan fingerprint density at radius 1 is 0.950 bits per heavy atom. The lowest BCUT2D eigenvalue weighted by molar-refractivity contribution is 0.627. The molecular weight excluding hydrogens is 339 g/mol. The van der Waals surface area contributed by atoms with Crippen LogP contribution in [-0.2, 0) is 12.8 Å². The summed E-state index contributed by atoms with van der Waals surface area (Å²) in [5.74, 6) is -0.374. The molecule has 0 N–H and O–H groups in total. The summed E-state index contributed by atoms with van der Waals surface area (Å²) >= 11 is 9.56. The molecule has 3 rings (SSSR count). The number of aryl methyl sites for hydroxylation is 2. The van der Waals surface area contributed by atoms with Crippen LogP contribution in [0.5, 0.6) is 0 Å². The van der Waals surface area contributed by atoms with E-state index in [1.54, 1.807) is 12.1 Å². The summed E-state index contributed by atoms with van der Waals surface area (Å²) in [5.41, 5.74) is 5.10. The van der Waals surface area contributed by atoms with Crippen LogP contribution in [0.1, 0.15) is 39.9 Å². The van der Waals surface area contributed by atoms with Gasteiger partial charge < -0.3 is 0 Å². The maximum atomic E-state index is 13.2. The molecule has 2 aromatic carbocycles. The Bertz CT molecular complexity index is 639. The Kier molecular flexibility index (Phi) is 4.13. The van der Waals surface area contributed by atoms with Crippen LogP contribution in [0.4, 0.5) is 4.39 Å². The van der Waals surface area contributed by atoms with Gasteiger partial charge in [0.15, 0.2) is 0 Å². The van der Waals surface area contributed by atoms with Crippen LogP contribution in [0.2, 0.25) is 5.02 Å². The zero-order valence-electron chi connectivity index (χ0n) is 11.0. The summed E-state index contributed by atoms with van der Waals surface area (Å²) < 4.78 is 13.2. The van der Waals surface area contributed by atoms with E-state index in [2.05, 4.69) is 34.1 Å². The zero-order chi connectivity index (χ0) is 14.1. The summed E-state index contributed by atoms with van der Waals surface area (Å²) in [7, 11) is 0. The first-order chi connectivity index (χ1) is 9.65. The normalized spacial score (nSPS) is 15.8. The zero-order valence-corrected chi connectivity index (χ0v) is 13.3. The van der Waals surface area contributed by atoms with Crippen molar-refractivity contribution in [1.29, 1.82) is 0 Å². The largest absolute Gasteiger partial charge is 0.205 e. The Balaban J connectivity index is 1.93. The monoisotopic (exact) mass is 352 g/mol. The molecule has 0 spiro atoms. The van der Waals surface area contributed by atoms with Crippen molar-refractivity contribution in [2.45, 2.75) is 30.5 Å². The number of alkyl halides is 1. The van der Waals surface area contributed by atoms with Crippen molar-refractivity contribution in [3.8, 4) is 0 Å². The molecule has 0 heterocycles. The Hall–Kier alpha value is -0.860. The van der Waals surface area contributed by atoms with Crippen LogP contribution in [0.3, 0.4) is 0 Å². The molecule has 0 nitrogen and oxygen atoms in total. The maximum absolute atomic E-state index is 13.2. The number of fused-ring (bicyclic) bond motifs is 1. The quantitative estimate of drug-likeness (QED) is 0.595. The highest BCUT2D eigenvalue weighted by atomic mass is 79.9. The van der Waals surface area contributed by atoms with Gasteiger partial charge in [0.2, 0.25) is 0 Å². The highest BCUT2D eigenvalue weighted by Crippen LogP contribution is 2.34. The van der Waals surface area contributed by atoms with E-state index in [9.17, 15) is 4.39 Å². The van der Waals surface area contributed by atoms with Gasteiger partial charge in [0.1, 0.15) is 5.82 Å². The molecule has 0 aromatic heterocycles. The van der Waals surface area contributed by atoms with E-state index < -0.39 is 0 Å². The van der Waals surface area contributed by atoms with E-state index in [4.69, 9.17) is 11.6 Å². The van der Waals surface area contributed by atoms with Gasteiger partial charge in [-0.15, -0.1) is 0 Å². The van der Waals surface area contributed by atoms with E-state index in [0.717, 1.165) is 12.0 Å². The summed E-state index contributed by atoms with van der Waals surface area (Å²) in [4.78, 5) is 0.0489. The minimum atomic E-state index is -0.374. The van der Waals surface area contributed by atoms with E-state index in [0.29, 0.717) is 0 Å². The lowest BCUT2D eigenvalue weighted by Gasteiger charge is -2.19. The third-order valence-corrected chi connectivity index (χ3v) is 5.25. The molecule has 1 atom stereocenters. The van der Waals surface area contributed by atoms with E-state index in [1.165, 1.54) is 42.0 Å². The molecule has 0 saturated heterocycles. The summed E-state index contributed by atoms with van der Waals surface area (Å²) in [6.45, 7) is 0. The molecule has 3 heteroatoms. The maximum Gasteiger partial charge on any atom is 0.141 e. The molecule has 0 bridgehead atoms. The van der Waals surface area contributed by atoms with Gasteiger partial charge in [-0.25, -0.2) is 4.39 Å². The minimum absolute atomic E-state index is 0.0489. The van der Waals surface area contributed by atoms with Gasteiger partial charge in [0, 0.05) is 0 Å². The van der Waals surface area contributed by atoms with Crippen molar-refractivity contribution in [1.82, 2.24) is 0 Å². The van der Waals surface area contributed by atoms with Crippen LogP contribution in [0.25, 0.3) is 0 Å². The SMILES string of the molecule is Fc1ccc(C(Br)c2ccc3c(c2)CCCC3)cc1Cl. The lowest BCUT2D eigenvalue weighted by atomic mass is 9.89. The molecule has 1 unspecified atom stereocenters. The van der Waals surface area contributed by atoms with Crippen LogP contribution in [0, 0.1) is 5.82 Å². The van der Waals surface area contributed by atoms with Crippen molar-refractivity contribution in [3.05, 3.63) is 69.5 Å². The molecule has 0 aliphatic heterocycles. The molecule has 1 aliphatic rings. The van der Waals surface area contributed by atoms with E-state index in [1.807, 2.05) is 0 Å². The molecule has 20 heavy (non-hydrogen) atoms. The van der Waals surface area contributed by atoms with E-state index in [-0.39, 0.29) is 15.7 Å². The van der Waals surface area contributed by atoms with Gasteiger partial charge in [-0.1, -0.05) is 51.8 Å². The predicted molar refractivity (Wildman–Crippen MR) is 85.3 cm³/mol. The van der Waals surface area contributed by atoms with Gasteiger partial charge in [0.25, 0.3) is 0 Å². The molecule has 1 aliphatic carbocycles. The third kappa shape index (κ3) is 2.77. The first-order valence-corrected chi connectivity index (χ1v) is 8.15. The Labute approximate surface area is 132 Å². The van der Waals surface area contributed by atoms with Crippen LogP contribution in [-0.4, -0.2) is 0 Å². The minimum Gasteiger partial charge on any atom is -0.205 e. The summed E-state index contributed by atoms with van der Waals surface area (Å²) in [6, 6.07) is 11.5. The summed E-state index contributed by atoms with van der Waals surface area (Å²) in [6.07, 6.45) is 4.90. The van der Waals surface area contributed by atoms with Gasteiger partial charge >= 0.3 is 0 Å². The molecular formula is C17H15BrClF. The highest BCUT2D eigenvalue weighted by Gasteiger charge is 2.15. The average Bonchev–Trinajstić information content (AvgIpc) is 2.49. The molecule has 2 aromatic rings. The molecule has 0 radical (unpaired) electrons. The van der Waals surface area contributed by atoms with Gasteiger partial charge in [-0.05, 0) is 60.1 Å². The van der Waals surface area contributed by atoms with Crippen molar-refractivity contribution < 1.29 is 4.39 Å². The highest BCUT2D eigenvalue weighted by molar-refractivity contribution is 9.09. The first-order valence-electron chi connectivity index (χ1n) is 6.86. The molecule has 0 amide bonds. The third-order valence-electron chi connectivity index (χ3n) is 3.90. The van der Waals surface area contributed by atoms with Crippen LogP contribution < -0.4 is 0 Å². The predicted octanol–water partition coefficient (Wildman–Crippen LogP) is 5.84. The second-order valence-corrected chi connectivity index (χ2v) is 6.59. The van der Waals surface area contributed by atoms with Crippen molar-refractivity contribution in [2.24, 2.45) is 0 Å². The van der Waals surface area contributed by atoms with Crippen molar-refractivity contribution in [2.75, 3.05) is 0 Å². The fourth-order valence-corrected chi connectivity index (χ4v) is 3.53. The van der Waals surface area contributed by atoms with Crippen molar-refractivity contribution >= 4 is 27.5 Å². The van der Waals surface area contributed by atoms with Crippen LogP contribution in [0.15, 0.2) is 36.4 Å². The molecule has 104 valence electrons. The van der Waals surface area contributed by atoms with Crippen molar-refractivity contribution in [3.63, 3.8) is 0 Å². The summed E-state index contributed by atoms with van der Waals surface area (Å²) in [5, 5.41) is 0.171. The van der Waals surface area contributed by atoms with Gasteiger partial charge in [0.05, 0.1) is 9.85 Å². The number of halogens is 3. The van der Waals surface area contributed by atoms with Gasteiger partial charge in [-0.2, -0.15) is 0 Å². The fourth-order valence-electron chi connectivity index (χ4n) is 2.77. The second kappa shape index (κ2) is 5.87. The standard InChI is InChI=1S/C17H15BrClF/c18-17(14-7-8-16(20)15(19)10-14)13-6-5-11-3-1-2-4-12(11)9-13/h5-10,17H,1-4H2. The molecule has 0 fully saturated rings. The second-order valence-electron chi connectivity index (χ2n) is 5.27.